The predicted molar refractivity (Wildman–Crippen MR) is 101 cm³/mol. The van der Waals surface area contributed by atoms with Crippen molar-refractivity contribution >= 4 is 17.2 Å². The predicted octanol–water partition coefficient (Wildman–Crippen LogP) is 3.51. The number of hydrogen-bond donors (Lipinski definition) is 0. The molecule has 0 unspecified atom stereocenters. The first-order valence-corrected chi connectivity index (χ1v) is 10.1. The molecule has 0 bridgehead atoms. The Labute approximate surface area is 160 Å². The largest absolute Gasteiger partial charge is 0.487 e. The fraction of sp³-hybridized carbons (Fsp3) is 0.350. The van der Waals surface area contributed by atoms with E-state index in [0.29, 0.717) is 31.3 Å². The third kappa shape index (κ3) is 3.60. The van der Waals surface area contributed by atoms with Gasteiger partial charge in [0.25, 0.3) is 0 Å². The lowest BCUT2D eigenvalue weighted by molar-refractivity contribution is -0.139. The van der Waals surface area contributed by atoms with Gasteiger partial charge >= 0.3 is 0 Å². The van der Waals surface area contributed by atoms with E-state index in [9.17, 15) is 4.79 Å². The molecule has 1 aliphatic carbocycles. The number of carbonyl (C=O) groups is 1. The highest BCUT2D eigenvalue weighted by Gasteiger charge is 2.32. The van der Waals surface area contributed by atoms with Gasteiger partial charge in [-0.2, -0.15) is 16.3 Å². The van der Waals surface area contributed by atoms with Crippen LogP contribution >= 0.6 is 11.3 Å². The van der Waals surface area contributed by atoms with Crippen molar-refractivity contribution in [1.82, 2.24) is 15.0 Å². The third-order valence-corrected chi connectivity index (χ3v) is 5.65. The molecule has 27 heavy (non-hydrogen) atoms. The molecule has 0 N–H and O–H groups in total. The van der Waals surface area contributed by atoms with Gasteiger partial charge in [0.1, 0.15) is 11.9 Å². The summed E-state index contributed by atoms with van der Waals surface area (Å²) < 4.78 is 11.3. The van der Waals surface area contributed by atoms with E-state index < -0.39 is 0 Å². The van der Waals surface area contributed by atoms with E-state index >= 15 is 0 Å². The maximum absolute atomic E-state index is 12.2. The van der Waals surface area contributed by atoms with Crippen LogP contribution in [0.25, 0.3) is 11.4 Å². The van der Waals surface area contributed by atoms with E-state index in [1.807, 2.05) is 46.0 Å². The number of ether oxygens (including phenoxy) is 1. The summed E-state index contributed by atoms with van der Waals surface area (Å²) in [6, 6.07) is 9.70. The van der Waals surface area contributed by atoms with E-state index in [2.05, 4.69) is 10.1 Å². The standard InChI is InChI=1S/C20H19N3O3S/c24-18(9-13-7-8-27-12-13)23-10-17(11-23)25-16-5-3-14(4-6-16)19-21-20(26-22-19)15-1-2-15/h3-8,12,15,17H,1-2,9-11H2. The highest BCUT2D eigenvalue weighted by atomic mass is 32.1. The minimum Gasteiger partial charge on any atom is -0.487 e. The summed E-state index contributed by atoms with van der Waals surface area (Å²) in [6.07, 6.45) is 2.80. The van der Waals surface area contributed by atoms with Gasteiger partial charge in [-0.25, -0.2) is 0 Å². The number of rotatable bonds is 6. The number of nitrogens with zero attached hydrogens (tertiary/aromatic N) is 3. The molecular weight excluding hydrogens is 362 g/mol. The van der Waals surface area contributed by atoms with Crippen LogP contribution in [-0.4, -0.2) is 40.1 Å². The van der Waals surface area contributed by atoms with Gasteiger partial charge in [-0.05, 0) is 59.5 Å². The Morgan fingerprint density at radius 2 is 2.04 bits per heavy atom. The zero-order valence-electron chi connectivity index (χ0n) is 14.7. The lowest BCUT2D eigenvalue weighted by atomic mass is 10.1. The highest BCUT2D eigenvalue weighted by molar-refractivity contribution is 7.08. The first-order valence-electron chi connectivity index (χ1n) is 9.14. The number of aromatic nitrogens is 2. The molecule has 5 rings (SSSR count). The first kappa shape index (κ1) is 16.5. The maximum atomic E-state index is 12.2. The van der Waals surface area contributed by atoms with E-state index in [1.54, 1.807) is 11.3 Å². The van der Waals surface area contributed by atoms with Crippen LogP contribution < -0.4 is 4.74 Å². The normalized spacial score (nSPS) is 17.0. The quantitative estimate of drug-likeness (QED) is 0.654. The number of benzene rings is 1. The molecular formula is C20H19N3O3S. The number of amides is 1. The van der Waals surface area contributed by atoms with Crippen LogP contribution in [-0.2, 0) is 11.2 Å². The Bertz CT molecular complexity index is 926. The molecule has 7 heteroatoms. The van der Waals surface area contributed by atoms with E-state index in [4.69, 9.17) is 9.26 Å². The van der Waals surface area contributed by atoms with Gasteiger partial charge in [-0.1, -0.05) is 5.16 Å². The third-order valence-electron chi connectivity index (χ3n) is 4.92. The second-order valence-corrected chi connectivity index (χ2v) is 7.88. The minimum absolute atomic E-state index is 0.0499. The van der Waals surface area contributed by atoms with Crippen LogP contribution in [0.15, 0.2) is 45.6 Å². The molecule has 0 spiro atoms. The Morgan fingerprint density at radius 1 is 1.22 bits per heavy atom. The van der Waals surface area contributed by atoms with Crippen molar-refractivity contribution in [3.05, 3.63) is 52.5 Å². The molecule has 2 aliphatic rings. The monoisotopic (exact) mass is 381 g/mol. The summed E-state index contributed by atoms with van der Waals surface area (Å²) >= 11 is 1.62. The molecule has 2 fully saturated rings. The summed E-state index contributed by atoms with van der Waals surface area (Å²) in [6.45, 7) is 1.28. The van der Waals surface area contributed by atoms with Crippen molar-refractivity contribution in [1.29, 1.82) is 0 Å². The van der Waals surface area contributed by atoms with E-state index in [1.165, 1.54) is 0 Å². The van der Waals surface area contributed by atoms with Gasteiger partial charge in [0.05, 0.1) is 19.5 Å². The summed E-state index contributed by atoms with van der Waals surface area (Å²) in [5.74, 6) is 2.77. The topological polar surface area (TPSA) is 68.5 Å². The molecule has 0 atom stereocenters. The molecule has 3 heterocycles. The lowest BCUT2D eigenvalue weighted by Gasteiger charge is -2.39. The summed E-state index contributed by atoms with van der Waals surface area (Å²) in [7, 11) is 0. The van der Waals surface area contributed by atoms with Gasteiger partial charge < -0.3 is 14.2 Å². The van der Waals surface area contributed by atoms with E-state index in [0.717, 1.165) is 35.6 Å². The molecule has 0 radical (unpaired) electrons. The summed E-state index contributed by atoms with van der Waals surface area (Å²) in [5.41, 5.74) is 2.00. The zero-order chi connectivity index (χ0) is 18.2. The Balaban J connectivity index is 1.13. The highest BCUT2D eigenvalue weighted by Crippen LogP contribution is 2.39. The molecule has 6 nitrogen and oxygen atoms in total. The molecule has 1 aliphatic heterocycles. The van der Waals surface area contributed by atoms with Crippen LogP contribution in [0.5, 0.6) is 5.75 Å². The van der Waals surface area contributed by atoms with Crippen molar-refractivity contribution in [2.24, 2.45) is 0 Å². The van der Waals surface area contributed by atoms with Crippen LogP contribution in [0.3, 0.4) is 0 Å². The molecule has 3 aromatic rings. The van der Waals surface area contributed by atoms with Crippen LogP contribution in [0.4, 0.5) is 0 Å². The van der Waals surface area contributed by atoms with Gasteiger partial charge in [-0.3, -0.25) is 4.79 Å². The van der Waals surface area contributed by atoms with Crippen molar-refractivity contribution in [3.8, 4) is 17.1 Å². The lowest BCUT2D eigenvalue weighted by Crippen LogP contribution is -2.56. The van der Waals surface area contributed by atoms with Crippen molar-refractivity contribution in [2.45, 2.75) is 31.3 Å². The van der Waals surface area contributed by atoms with Gasteiger partial charge in [0.15, 0.2) is 0 Å². The molecule has 138 valence electrons. The SMILES string of the molecule is O=C(Cc1ccsc1)N1CC(Oc2ccc(-c3noc(C4CC4)n3)cc2)C1. The molecule has 1 aromatic carbocycles. The number of carbonyl (C=O) groups excluding carboxylic acids is 1. The average Bonchev–Trinajstić information content (AvgIpc) is 3.15. The summed E-state index contributed by atoms with van der Waals surface area (Å²) in [5, 5.41) is 8.07. The molecule has 1 amide bonds. The Kier molecular flexibility index (Phi) is 4.16. The van der Waals surface area contributed by atoms with Crippen LogP contribution in [0.1, 0.15) is 30.2 Å². The fourth-order valence-corrected chi connectivity index (χ4v) is 3.79. The molecule has 1 saturated carbocycles. The number of thiophene rings is 1. The smallest absolute Gasteiger partial charge is 0.230 e. The van der Waals surface area contributed by atoms with Crippen molar-refractivity contribution < 1.29 is 14.1 Å². The Morgan fingerprint density at radius 3 is 2.74 bits per heavy atom. The van der Waals surface area contributed by atoms with Gasteiger partial charge in [-0.15, -0.1) is 0 Å². The molecule has 1 saturated heterocycles. The van der Waals surface area contributed by atoms with Crippen LogP contribution in [0, 0.1) is 0 Å². The number of hydrogen-bond acceptors (Lipinski definition) is 6. The minimum atomic E-state index is 0.0499. The number of likely N-dealkylation sites (tertiary alicyclic amines) is 1. The first-order chi connectivity index (χ1) is 13.2. The van der Waals surface area contributed by atoms with E-state index in [-0.39, 0.29) is 12.0 Å². The summed E-state index contributed by atoms with van der Waals surface area (Å²) in [4.78, 5) is 18.5. The second kappa shape index (κ2) is 6.81. The van der Waals surface area contributed by atoms with Gasteiger partial charge in [0, 0.05) is 11.5 Å². The van der Waals surface area contributed by atoms with Crippen LogP contribution in [0.2, 0.25) is 0 Å². The fourth-order valence-electron chi connectivity index (χ4n) is 3.12. The van der Waals surface area contributed by atoms with Crippen molar-refractivity contribution in [3.63, 3.8) is 0 Å². The second-order valence-electron chi connectivity index (χ2n) is 7.10. The van der Waals surface area contributed by atoms with Gasteiger partial charge in [0.2, 0.25) is 17.6 Å². The zero-order valence-corrected chi connectivity index (χ0v) is 15.5. The molecule has 2 aromatic heterocycles. The average molecular weight is 381 g/mol. The Hall–Kier alpha value is -2.67. The van der Waals surface area contributed by atoms with Crippen molar-refractivity contribution in [2.75, 3.05) is 13.1 Å². The maximum Gasteiger partial charge on any atom is 0.230 e.